The molecule has 3 amide bonds. The molecule has 0 unspecified atom stereocenters. The molecule has 2 aromatic rings. The first-order valence-corrected chi connectivity index (χ1v) is 12.4. The van der Waals surface area contributed by atoms with E-state index in [4.69, 9.17) is 5.73 Å². The van der Waals surface area contributed by atoms with Crippen molar-refractivity contribution in [1.82, 2.24) is 15.4 Å². The lowest BCUT2D eigenvalue weighted by atomic mass is 9.97. The van der Waals surface area contributed by atoms with Crippen molar-refractivity contribution in [3.8, 4) is 0 Å². The highest BCUT2D eigenvalue weighted by Gasteiger charge is 2.33. The molecule has 33 heavy (non-hydrogen) atoms. The summed E-state index contributed by atoms with van der Waals surface area (Å²) in [7, 11) is -4.02. The summed E-state index contributed by atoms with van der Waals surface area (Å²) in [6.45, 7) is 4.22. The zero-order chi connectivity index (χ0) is 24.2. The minimum Gasteiger partial charge on any atom is -0.368 e. The van der Waals surface area contributed by atoms with E-state index in [1.165, 1.54) is 6.07 Å². The molecule has 3 rings (SSSR count). The Bertz CT molecular complexity index is 1150. The predicted molar refractivity (Wildman–Crippen MR) is 124 cm³/mol. The smallest absolute Gasteiger partial charge is 0.241 e. The summed E-state index contributed by atoms with van der Waals surface area (Å²) in [5.74, 6) is -2.06. The highest BCUT2D eigenvalue weighted by Crippen LogP contribution is 2.20. The van der Waals surface area contributed by atoms with Crippen LogP contribution >= 0.6 is 0 Å². The van der Waals surface area contributed by atoms with Crippen molar-refractivity contribution in [2.75, 3.05) is 6.54 Å². The number of hydrogen-bond acceptors (Lipinski definition) is 5. The van der Waals surface area contributed by atoms with Gasteiger partial charge < -0.3 is 16.4 Å². The van der Waals surface area contributed by atoms with Gasteiger partial charge in [-0.25, -0.2) is 8.42 Å². The zero-order valence-corrected chi connectivity index (χ0v) is 19.5. The summed E-state index contributed by atoms with van der Waals surface area (Å²) in [6, 6.07) is 9.92. The number of amides is 3. The number of carbonyl (C=O) groups excluding carboxylic acids is 3. The highest BCUT2D eigenvalue weighted by molar-refractivity contribution is 7.89. The molecule has 1 heterocycles. The molecule has 0 aliphatic carbocycles. The topological polar surface area (TPSA) is 147 Å². The Labute approximate surface area is 193 Å². The zero-order valence-electron chi connectivity index (χ0n) is 18.7. The molecule has 178 valence electrons. The van der Waals surface area contributed by atoms with Gasteiger partial charge in [-0.05, 0) is 48.1 Å². The second-order valence-corrected chi connectivity index (χ2v) is 10.5. The minimum absolute atomic E-state index is 0.00677. The van der Waals surface area contributed by atoms with Crippen LogP contribution in [0, 0.1) is 11.8 Å². The van der Waals surface area contributed by atoms with Crippen LogP contribution in [0.25, 0.3) is 10.8 Å². The fourth-order valence-corrected chi connectivity index (χ4v) is 5.19. The molecular weight excluding hydrogens is 444 g/mol. The average Bonchev–Trinajstić information content (AvgIpc) is 3.16. The van der Waals surface area contributed by atoms with Crippen molar-refractivity contribution in [2.45, 2.75) is 50.1 Å². The van der Waals surface area contributed by atoms with E-state index in [0.717, 1.165) is 10.8 Å². The Balaban J connectivity index is 1.78. The molecule has 10 heteroatoms. The molecule has 0 radical (unpaired) electrons. The fourth-order valence-electron chi connectivity index (χ4n) is 3.94. The minimum atomic E-state index is -4.02. The van der Waals surface area contributed by atoms with E-state index in [1.54, 1.807) is 12.1 Å². The first-order valence-electron chi connectivity index (χ1n) is 11.0. The molecule has 1 aliphatic heterocycles. The third-order valence-electron chi connectivity index (χ3n) is 5.70. The van der Waals surface area contributed by atoms with Gasteiger partial charge in [-0.3, -0.25) is 14.4 Å². The van der Waals surface area contributed by atoms with E-state index >= 15 is 0 Å². The van der Waals surface area contributed by atoms with Gasteiger partial charge in [-0.1, -0.05) is 44.2 Å². The van der Waals surface area contributed by atoms with Gasteiger partial charge in [0.2, 0.25) is 27.7 Å². The summed E-state index contributed by atoms with van der Waals surface area (Å²) in [6.07, 6.45) is 0.829. The van der Waals surface area contributed by atoms with Crippen LogP contribution in [0.4, 0.5) is 0 Å². The van der Waals surface area contributed by atoms with Gasteiger partial charge in [0.1, 0.15) is 12.1 Å². The molecule has 2 aromatic carbocycles. The number of benzene rings is 2. The lowest BCUT2D eigenvalue weighted by molar-refractivity contribution is -0.130. The van der Waals surface area contributed by atoms with Gasteiger partial charge in [0.15, 0.2) is 0 Å². The number of sulfonamides is 1. The Hall–Kier alpha value is -2.98. The Morgan fingerprint density at radius 2 is 1.82 bits per heavy atom. The van der Waals surface area contributed by atoms with Gasteiger partial charge in [0, 0.05) is 12.5 Å². The maximum atomic E-state index is 13.1. The summed E-state index contributed by atoms with van der Waals surface area (Å²) in [5.41, 5.74) is 5.46. The number of fused-ring (bicyclic) bond motifs is 1. The second kappa shape index (κ2) is 10.3. The maximum absolute atomic E-state index is 13.1. The number of hydrogen-bond donors (Lipinski definition) is 4. The van der Waals surface area contributed by atoms with E-state index in [0.29, 0.717) is 13.0 Å². The maximum Gasteiger partial charge on any atom is 0.241 e. The van der Waals surface area contributed by atoms with Crippen LogP contribution in [0.3, 0.4) is 0 Å². The van der Waals surface area contributed by atoms with E-state index < -0.39 is 39.8 Å². The van der Waals surface area contributed by atoms with E-state index in [2.05, 4.69) is 15.4 Å². The molecule has 5 N–H and O–H groups in total. The molecule has 1 aliphatic rings. The standard InChI is InChI=1S/C23H30N4O5S/c1-14(2)11-20(23(30)26-19(21(24)28)13-17-9-10-25-22(17)29)27-33(31,32)18-8-7-15-5-3-4-6-16(15)12-18/h3-8,12,14,17,19-20,27H,9-11,13H2,1-2H3,(H2,24,28)(H,25,29)(H,26,30)/t17-,19-,20-/m0/s1. The Morgan fingerprint density at radius 1 is 1.12 bits per heavy atom. The Morgan fingerprint density at radius 3 is 2.42 bits per heavy atom. The first-order chi connectivity index (χ1) is 15.6. The normalized spacial score (nSPS) is 18.2. The summed E-state index contributed by atoms with van der Waals surface area (Å²) in [5, 5.41) is 6.89. The van der Waals surface area contributed by atoms with Crippen molar-refractivity contribution >= 4 is 38.5 Å². The summed E-state index contributed by atoms with van der Waals surface area (Å²) < 4.78 is 28.6. The molecule has 3 atom stereocenters. The predicted octanol–water partition coefficient (Wildman–Crippen LogP) is 1.03. The van der Waals surface area contributed by atoms with Crippen molar-refractivity contribution < 1.29 is 22.8 Å². The number of nitrogens with two attached hydrogens (primary N) is 1. The van der Waals surface area contributed by atoms with Crippen LogP contribution in [-0.4, -0.2) is 44.8 Å². The van der Waals surface area contributed by atoms with Gasteiger partial charge in [-0.2, -0.15) is 4.72 Å². The van der Waals surface area contributed by atoms with Crippen LogP contribution in [0.5, 0.6) is 0 Å². The monoisotopic (exact) mass is 474 g/mol. The van der Waals surface area contributed by atoms with Crippen LogP contribution in [0.2, 0.25) is 0 Å². The molecule has 1 saturated heterocycles. The SMILES string of the molecule is CC(C)C[C@H](NS(=O)(=O)c1ccc2ccccc2c1)C(=O)N[C@@H](C[C@@H]1CCNC1=O)C(N)=O. The molecular formula is C23H30N4O5S. The molecule has 0 saturated carbocycles. The van der Waals surface area contributed by atoms with E-state index in [-0.39, 0.29) is 29.6 Å². The summed E-state index contributed by atoms with van der Waals surface area (Å²) in [4.78, 5) is 36.9. The van der Waals surface area contributed by atoms with Gasteiger partial charge in [0.05, 0.1) is 4.90 Å². The lowest BCUT2D eigenvalue weighted by Crippen LogP contribution is -2.53. The van der Waals surface area contributed by atoms with Gasteiger partial charge in [0.25, 0.3) is 0 Å². The van der Waals surface area contributed by atoms with E-state index in [9.17, 15) is 22.8 Å². The van der Waals surface area contributed by atoms with Gasteiger partial charge in [-0.15, -0.1) is 0 Å². The van der Waals surface area contributed by atoms with Crippen LogP contribution in [0.15, 0.2) is 47.4 Å². The van der Waals surface area contributed by atoms with Crippen molar-refractivity contribution in [1.29, 1.82) is 0 Å². The molecule has 1 fully saturated rings. The first kappa shape index (κ1) is 24.7. The lowest BCUT2D eigenvalue weighted by Gasteiger charge is -2.24. The summed E-state index contributed by atoms with van der Waals surface area (Å²) >= 11 is 0. The van der Waals surface area contributed by atoms with Crippen LogP contribution in [0.1, 0.15) is 33.1 Å². The third-order valence-corrected chi connectivity index (χ3v) is 7.16. The number of rotatable bonds is 10. The molecule has 0 spiro atoms. The number of carbonyl (C=O) groups is 3. The Kier molecular flexibility index (Phi) is 7.70. The fraction of sp³-hybridized carbons (Fsp3) is 0.435. The highest BCUT2D eigenvalue weighted by atomic mass is 32.2. The van der Waals surface area contributed by atoms with E-state index in [1.807, 2.05) is 38.1 Å². The van der Waals surface area contributed by atoms with Crippen molar-refractivity contribution in [3.05, 3.63) is 42.5 Å². The molecule has 0 bridgehead atoms. The quantitative estimate of drug-likeness (QED) is 0.406. The van der Waals surface area contributed by atoms with Crippen molar-refractivity contribution in [2.24, 2.45) is 17.6 Å². The number of nitrogens with one attached hydrogen (secondary N) is 3. The number of primary amides is 1. The second-order valence-electron chi connectivity index (χ2n) is 8.79. The largest absolute Gasteiger partial charge is 0.368 e. The van der Waals surface area contributed by atoms with Crippen LogP contribution < -0.4 is 21.1 Å². The average molecular weight is 475 g/mol. The third kappa shape index (κ3) is 6.29. The van der Waals surface area contributed by atoms with Crippen molar-refractivity contribution in [3.63, 3.8) is 0 Å². The molecule has 0 aromatic heterocycles. The van der Waals surface area contributed by atoms with Gasteiger partial charge >= 0.3 is 0 Å². The van der Waals surface area contributed by atoms with Crippen LogP contribution in [-0.2, 0) is 24.4 Å². The molecule has 9 nitrogen and oxygen atoms in total.